The van der Waals surface area contributed by atoms with Crippen molar-refractivity contribution < 1.29 is 5.11 Å². The predicted molar refractivity (Wildman–Crippen MR) is 109 cm³/mol. The first-order valence-corrected chi connectivity index (χ1v) is 9.46. The highest BCUT2D eigenvalue weighted by Gasteiger charge is 2.18. The number of aromatic nitrogens is 4. The fourth-order valence-corrected chi connectivity index (χ4v) is 2.99. The third kappa shape index (κ3) is 4.36. The summed E-state index contributed by atoms with van der Waals surface area (Å²) in [5, 5.41) is 16.6. The molecule has 0 amide bonds. The second-order valence-corrected chi connectivity index (χ2v) is 7.05. The Morgan fingerprint density at radius 1 is 1.11 bits per heavy atom. The van der Waals surface area contributed by atoms with Crippen LogP contribution in [0.5, 0.6) is 0 Å². The Bertz CT molecular complexity index is 875. The van der Waals surface area contributed by atoms with Gasteiger partial charge in [0.2, 0.25) is 5.95 Å². The molecule has 7 nitrogen and oxygen atoms in total. The van der Waals surface area contributed by atoms with E-state index in [0.29, 0.717) is 18.3 Å². The summed E-state index contributed by atoms with van der Waals surface area (Å²) in [6.07, 6.45) is 2.08. The predicted octanol–water partition coefficient (Wildman–Crippen LogP) is 3.59. The minimum absolute atomic E-state index is 0.111. The summed E-state index contributed by atoms with van der Waals surface area (Å²) in [5.74, 6) is 1.18. The van der Waals surface area contributed by atoms with E-state index < -0.39 is 6.10 Å². The molecule has 3 aromatic rings. The third-order valence-corrected chi connectivity index (χ3v) is 4.62. The molecule has 2 atom stereocenters. The number of imidazole rings is 1. The first kappa shape index (κ1) is 19.1. The number of hydrogen-bond acceptors (Lipinski definition) is 6. The molecule has 0 bridgehead atoms. The number of aliphatic hydroxyl groups excluding tert-OH is 1. The van der Waals surface area contributed by atoms with E-state index >= 15 is 0 Å². The highest BCUT2D eigenvalue weighted by molar-refractivity contribution is 5.84. The van der Waals surface area contributed by atoms with Crippen LogP contribution in [0.25, 0.3) is 11.2 Å². The maximum atomic E-state index is 9.96. The Labute approximate surface area is 159 Å². The minimum atomic E-state index is -0.495. The number of aliphatic hydroxyl groups is 1. The smallest absolute Gasteiger partial charge is 0.227 e. The molecule has 7 heteroatoms. The molecule has 0 aliphatic rings. The van der Waals surface area contributed by atoms with Crippen molar-refractivity contribution in [2.75, 3.05) is 10.6 Å². The number of fused-ring (bicyclic) bond motifs is 1. The van der Waals surface area contributed by atoms with Gasteiger partial charge in [0.05, 0.1) is 18.5 Å². The molecular formula is C20H28N6O. The van der Waals surface area contributed by atoms with Gasteiger partial charge in [-0.05, 0) is 32.8 Å². The minimum Gasteiger partial charge on any atom is -0.391 e. The number of nitrogens with one attached hydrogen (secondary N) is 2. The summed E-state index contributed by atoms with van der Waals surface area (Å²) in [5.41, 5.74) is 2.69. The van der Waals surface area contributed by atoms with Crippen LogP contribution in [0.3, 0.4) is 0 Å². The molecule has 2 heterocycles. The molecule has 0 aliphatic heterocycles. The van der Waals surface area contributed by atoms with Crippen molar-refractivity contribution in [2.45, 2.75) is 58.8 Å². The molecule has 0 saturated heterocycles. The van der Waals surface area contributed by atoms with Crippen molar-refractivity contribution in [1.82, 2.24) is 19.5 Å². The number of nitrogens with zero attached hydrogens (tertiary/aromatic N) is 4. The monoisotopic (exact) mass is 368 g/mol. The van der Waals surface area contributed by atoms with Crippen molar-refractivity contribution in [2.24, 2.45) is 0 Å². The quantitative estimate of drug-likeness (QED) is 0.563. The van der Waals surface area contributed by atoms with Gasteiger partial charge in [-0.2, -0.15) is 9.97 Å². The topological polar surface area (TPSA) is 87.9 Å². The van der Waals surface area contributed by atoms with E-state index in [1.54, 1.807) is 13.3 Å². The SMILES string of the molecule is CC[C@H](Nc1nc(NCc2ccccc2)c2ncn(C(C)C)c2n1)[C@@H](C)O. The van der Waals surface area contributed by atoms with Crippen LogP contribution >= 0.6 is 0 Å². The molecule has 0 aliphatic carbocycles. The normalized spacial score (nSPS) is 13.7. The Balaban J connectivity index is 1.96. The molecule has 3 rings (SSSR count). The Morgan fingerprint density at radius 3 is 2.48 bits per heavy atom. The molecule has 3 N–H and O–H groups in total. The molecular weight excluding hydrogens is 340 g/mol. The molecule has 0 radical (unpaired) electrons. The Morgan fingerprint density at radius 2 is 1.85 bits per heavy atom. The van der Waals surface area contributed by atoms with Gasteiger partial charge in [-0.25, -0.2) is 4.98 Å². The van der Waals surface area contributed by atoms with Crippen LogP contribution in [-0.4, -0.2) is 36.8 Å². The largest absolute Gasteiger partial charge is 0.391 e. The van der Waals surface area contributed by atoms with E-state index in [2.05, 4.69) is 51.6 Å². The van der Waals surface area contributed by atoms with Crippen LogP contribution in [0.1, 0.15) is 45.7 Å². The number of rotatable bonds is 8. The lowest BCUT2D eigenvalue weighted by Crippen LogP contribution is -2.31. The lowest BCUT2D eigenvalue weighted by molar-refractivity contribution is 0.169. The average molecular weight is 368 g/mol. The highest BCUT2D eigenvalue weighted by Crippen LogP contribution is 2.24. The molecule has 144 valence electrons. The lowest BCUT2D eigenvalue weighted by atomic mass is 10.1. The van der Waals surface area contributed by atoms with Crippen LogP contribution < -0.4 is 10.6 Å². The van der Waals surface area contributed by atoms with Gasteiger partial charge in [0.1, 0.15) is 0 Å². The third-order valence-electron chi connectivity index (χ3n) is 4.62. The summed E-state index contributed by atoms with van der Waals surface area (Å²) in [6.45, 7) is 8.63. The molecule has 0 unspecified atom stereocenters. The van der Waals surface area contributed by atoms with Gasteiger partial charge < -0.3 is 20.3 Å². The van der Waals surface area contributed by atoms with Crippen LogP contribution in [0.2, 0.25) is 0 Å². The van der Waals surface area contributed by atoms with Gasteiger partial charge in [0, 0.05) is 12.6 Å². The maximum absolute atomic E-state index is 9.96. The molecule has 0 spiro atoms. The molecule has 2 aromatic heterocycles. The van der Waals surface area contributed by atoms with Crippen LogP contribution in [0, 0.1) is 0 Å². The second kappa shape index (κ2) is 8.35. The fraction of sp³-hybridized carbons (Fsp3) is 0.450. The van der Waals surface area contributed by atoms with Gasteiger partial charge in [-0.3, -0.25) is 0 Å². The van der Waals surface area contributed by atoms with Gasteiger partial charge in [-0.15, -0.1) is 0 Å². The molecule has 27 heavy (non-hydrogen) atoms. The summed E-state index contributed by atoms with van der Waals surface area (Å²) in [4.78, 5) is 13.8. The van der Waals surface area contributed by atoms with E-state index in [0.717, 1.165) is 23.1 Å². The Kier molecular flexibility index (Phi) is 5.91. The van der Waals surface area contributed by atoms with Gasteiger partial charge in [-0.1, -0.05) is 37.3 Å². The van der Waals surface area contributed by atoms with Crippen LogP contribution in [0.15, 0.2) is 36.7 Å². The van der Waals surface area contributed by atoms with E-state index in [1.165, 1.54) is 0 Å². The number of benzene rings is 1. The zero-order valence-corrected chi connectivity index (χ0v) is 16.3. The van der Waals surface area contributed by atoms with E-state index in [-0.39, 0.29) is 12.1 Å². The van der Waals surface area contributed by atoms with E-state index in [1.807, 2.05) is 29.7 Å². The van der Waals surface area contributed by atoms with Crippen molar-refractivity contribution >= 4 is 22.9 Å². The lowest BCUT2D eigenvalue weighted by Gasteiger charge is -2.20. The number of hydrogen-bond donors (Lipinski definition) is 3. The van der Waals surface area contributed by atoms with Gasteiger partial charge in [0.25, 0.3) is 0 Å². The highest BCUT2D eigenvalue weighted by atomic mass is 16.3. The van der Waals surface area contributed by atoms with Crippen molar-refractivity contribution in [3.8, 4) is 0 Å². The van der Waals surface area contributed by atoms with Crippen LogP contribution in [-0.2, 0) is 6.54 Å². The zero-order valence-electron chi connectivity index (χ0n) is 16.3. The Hall–Kier alpha value is -2.67. The fourth-order valence-electron chi connectivity index (χ4n) is 2.99. The first-order chi connectivity index (χ1) is 13.0. The summed E-state index contributed by atoms with van der Waals surface area (Å²) in [6, 6.07) is 10.3. The zero-order chi connectivity index (χ0) is 19.4. The molecule has 1 aromatic carbocycles. The first-order valence-electron chi connectivity index (χ1n) is 9.46. The van der Waals surface area contributed by atoms with Crippen molar-refractivity contribution in [3.05, 3.63) is 42.2 Å². The number of anilines is 2. The maximum Gasteiger partial charge on any atom is 0.227 e. The van der Waals surface area contributed by atoms with Crippen LogP contribution in [0.4, 0.5) is 11.8 Å². The average Bonchev–Trinajstić information content (AvgIpc) is 3.09. The van der Waals surface area contributed by atoms with E-state index in [4.69, 9.17) is 0 Å². The molecule has 0 fully saturated rings. The standard InChI is InChI=1S/C20H28N6O/c1-5-16(14(4)27)23-20-24-18(21-11-15-9-7-6-8-10-15)17-19(25-20)26(12-22-17)13(2)3/h6-10,12-14,16,27H,5,11H2,1-4H3,(H2,21,23,24,25)/t14-,16+/m1/s1. The molecule has 0 saturated carbocycles. The summed E-state index contributed by atoms with van der Waals surface area (Å²) in [7, 11) is 0. The summed E-state index contributed by atoms with van der Waals surface area (Å²) < 4.78 is 2.03. The van der Waals surface area contributed by atoms with Gasteiger partial charge >= 0.3 is 0 Å². The summed E-state index contributed by atoms with van der Waals surface area (Å²) >= 11 is 0. The van der Waals surface area contributed by atoms with E-state index in [9.17, 15) is 5.11 Å². The van der Waals surface area contributed by atoms with Gasteiger partial charge in [0.15, 0.2) is 17.0 Å². The van der Waals surface area contributed by atoms with Crippen molar-refractivity contribution in [1.29, 1.82) is 0 Å². The van der Waals surface area contributed by atoms with Crippen molar-refractivity contribution in [3.63, 3.8) is 0 Å². The second-order valence-electron chi connectivity index (χ2n) is 7.05.